The number of ether oxygens (including phenoxy) is 2. The quantitative estimate of drug-likeness (QED) is 0.119. The first-order chi connectivity index (χ1) is 25.6. The number of fused-ring (bicyclic) bond motifs is 3. The van der Waals surface area contributed by atoms with Crippen molar-refractivity contribution in [3.8, 4) is 11.5 Å². The first-order valence-electron chi connectivity index (χ1n) is 19.0. The number of hydrogen-bond acceptors (Lipinski definition) is 7. The van der Waals surface area contributed by atoms with Gasteiger partial charge in [0.05, 0.1) is 13.2 Å². The van der Waals surface area contributed by atoms with E-state index in [9.17, 15) is 14.7 Å². The summed E-state index contributed by atoms with van der Waals surface area (Å²) < 4.78 is 14.3. The summed E-state index contributed by atoms with van der Waals surface area (Å²) in [5, 5.41) is 21.6. The molecule has 3 atom stereocenters. The lowest BCUT2D eigenvalue weighted by atomic mass is 9.59. The molecule has 2 aromatic heterocycles. The molecular weight excluding hydrogens is 690 g/mol. The topological polar surface area (TPSA) is 128 Å². The second kappa shape index (κ2) is 15.4. The van der Waals surface area contributed by atoms with Gasteiger partial charge in [-0.2, -0.15) is 5.10 Å². The van der Waals surface area contributed by atoms with Crippen molar-refractivity contribution >= 4 is 29.2 Å². The number of anilines is 1. The van der Waals surface area contributed by atoms with Crippen molar-refractivity contribution < 1.29 is 24.2 Å². The van der Waals surface area contributed by atoms with Gasteiger partial charge in [0, 0.05) is 41.4 Å². The molecule has 11 heteroatoms. The molecule has 0 bridgehead atoms. The van der Waals surface area contributed by atoms with Crippen LogP contribution in [0.2, 0.25) is 5.02 Å². The zero-order valence-electron chi connectivity index (χ0n) is 30.9. The summed E-state index contributed by atoms with van der Waals surface area (Å²) in [6, 6.07) is 17.4. The summed E-state index contributed by atoms with van der Waals surface area (Å²) >= 11 is 6.28. The van der Waals surface area contributed by atoms with Gasteiger partial charge in [0.25, 0.3) is 5.91 Å². The van der Waals surface area contributed by atoms with E-state index < -0.39 is 11.5 Å². The molecule has 10 nitrogen and oxygen atoms in total. The number of carboxylic acid groups (broad SMARTS) is 1. The number of carbonyl (C=O) groups is 2. The maximum absolute atomic E-state index is 13.0. The molecule has 0 saturated heterocycles. The third-order valence-corrected chi connectivity index (χ3v) is 12.2. The maximum Gasteiger partial charge on any atom is 0.329 e. The van der Waals surface area contributed by atoms with Gasteiger partial charge in [-0.15, -0.1) is 0 Å². The van der Waals surface area contributed by atoms with E-state index in [-0.39, 0.29) is 17.2 Å². The van der Waals surface area contributed by atoms with Gasteiger partial charge >= 0.3 is 5.97 Å². The van der Waals surface area contributed by atoms with E-state index in [0.29, 0.717) is 60.8 Å². The minimum atomic E-state index is -1.10. The van der Waals surface area contributed by atoms with Crippen molar-refractivity contribution in [3.63, 3.8) is 0 Å². The molecule has 1 fully saturated rings. The largest absolute Gasteiger partial charge is 0.493 e. The number of carbonyl (C=O) groups excluding carboxylic acids is 1. The van der Waals surface area contributed by atoms with E-state index in [4.69, 9.17) is 21.1 Å². The number of hydrogen-bond donors (Lipinski definition) is 3. The normalized spacial score (nSPS) is 23.8. The monoisotopic (exact) mass is 739 g/mol. The summed E-state index contributed by atoms with van der Waals surface area (Å²) in [7, 11) is 1.74. The molecule has 2 heterocycles. The van der Waals surface area contributed by atoms with Crippen LogP contribution in [-0.2, 0) is 30.1 Å². The second-order valence-electron chi connectivity index (χ2n) is 15.5. The van der Waals surface area contributed by atoms with E-state index in [2.05, 4.69) is 46.7 Å². The molecule has 7 rings (SSSR count). The fourth-order valence-electron chi connectivity index (χ4n) is 9.19. The summed E-state index contributed by atoms with van der Waals surface area (Å²) in [6.07, 6.45) is 11.1. The summed E-state index contributed by atoms with van der Waals surface area (Å²) in [6.45, 7) is 5.82. The first-order valence-corrected chi connectivity index (χ1v) is 19.3. The van der Waals surface area contributed by atoms with Crippen LogP contribution in [-0.4, -0.2) is 57.0 Å². The molecule has 0 unspecified atom stereocenters. The molecule has 3 aliphatic rings. The minimum Gasteiger partial charge on any atom is -0.493 e. The Hall–Kier alpha value is -4.57. The number of pyridine rings is 1. The third kappa shape index (κ3) is 7.61. The zero-order chi connectivity index (χ0) is 37.2. The number of benzene rings is 2. The number of halogens is 1. The van der Waals surface area contributed by atoms with Crippen LogP contribution in [0.1, 0.15) is 97.6 Å². The molecule has 2 aromatic carbocycles. The van der Waals surface area contributed by atoms with E-state index in [1.165, 1.54) is 28.8 Å². The highest BCUT2D eigenvalue weighted by Crippen LogP contribution is 2.56. The van der Waals surface area contributed by atoms with Gasteiger partial charge in [0.1, 0.15) is 29.3 Å². The highest BCUT2D eigenvalue weighted by molar-refractivity contribution is 6.30. The van der Waals surface area contributed by atoms with E-state index in [1.807, 2.05) is 30.5 Å². The van der Waals surface area contributed by atoms with Crippen LogP contribution in [0.3, 0.4) is 0 Å². The number of nitrogens with one attached hydrogen (secondary N) is 2. The number of aliphatic carboxylic acids is 1. The van der Waals surface area contributed by atoms with Gasteiger partial charge in [0.2, 0.25) is 0 Å². The molecule has 1 saturated carbocycles. The summed E-state index contributed by atoms with van der Waals surface area (Å²) in [5.41, 5.74) is 4.87. The molecule has 1 spiro atoms. The lowest BCUT2D eigenvalue weighted by Crippen LogP contribution is -2.53. The number of aromatic nitrogens is 3. The predicted molar refractivity (Wildman–Crippen MR) is 205 cm³/mol. The Morgan fingerprint density at radius 3 is 2.66 bits per heavy atom. The van der Waals surface area contributed by atoms with E-state index >= 15 is 0 Å². The highest BCUT2D eigenvalue weighted by atomic mass is 35.5. The van der Waals surface area contributed by atoms with Crippen molar-refractivity contribution in [2.75, 3.05) is 25.1 Å². The van der Waals surface area contributed by atoms with Crippen LogP contribution in [0.25, 0.3) is 0 Å². The smallest absolute Gasteiger partial charge is 0.329 e. The fraction of sp³-hybridized carbons (Fsp3) is 0.476. The highest BCUT2D eigenvalue weighted by Gasteiger charge is 2.54. The molecule has 3 N–H and O–H groups in total. The second-order valence-corrected chi connectivity index (χ2v) is 15.9. The van der Waals surface area contributed by atoms with Crippen LogP contribution in [0, 0.1) is 11.8 Å². The third-order valence-electron chi connectivity index (χ3n) is 12.0. The number of carboxylic acids is 1. The van der Waals surface area contributed by atoms with Crippen LogP contribution in [0.15, 0.2) is 67.0 Å². The molecule has 280 valence electrons. The van der Waals surface area contributed by atoms with Gasteiger partial charge in [-0.1, -0.05) is 37.6 Å². The van der Waals surface area contributed by atoms with Gasteiger partial charge in [-0.3, -0.25) is 14.5 Å². The Morgan fingerprint density at radius 1 is 1.08 bits per heavy atom. The van der Waals surface area contributed by atoms with E-state index in [1.54, 1.807) is 36.1 Å². The Bertz CT molecular complexity index is 1950. The number of nitrogens with zero attached hydrogens (tertiary/aromatic N) is 3. The van der Waals surface area contributed by atoms with Crippen LogP contribution >= 0.6 is 11.6 Å². The predicted octanol–water partition coefficient (Wildman–Crippen LogP) is 7.74. The Morgan fingerprint density at radius 2 is 1.91 bits per heavy atom. The van der Waals surface area contributed by atoms with Crippen molar-refractivity contribution in [2.45, 2.75) is 88.5 Å². The fourth-order valence-corrected chi connectivity index (χ4v) is 9.38. The Kier molecular flexibility index (Phi) is 10.7. The Labute approximate surface area is 316 Å². The van der Waals surface area contributed by atoms with Crippen LogP contribution in [0.4, 0.5) is 5.69 Å². The average molecular weight is 740 g/mol. The first kappa shape index (κ1) is 36.8. The van der Waals surface area contributed by atoms with E-state index in [0.717, 1.165) is 50.0 Å². The Balaban J connectivity index is 1.09. The summed E-state index contributed by atoms with van der Waals surface area (Å²) in [5.74, 6) is 1.71. The van der Waals surface area contributed by atoms with Gasteiger partial charge in [-0.25, -0.2) is 4.79 Å². The molecule has 53 heavy (non-hydrogen) atoms. The maximum atomic E-state index is 13.0. The molecule has 4 aromatic rings. The van der Waals surface area contributed by atoms with Crippen molar-refractivity contribution in [3.05, 3.63) is 100 Å². The molecule has 1 amide bonds. The van der Waals surface area contributed by atoms with Gasteiger partial charge in [-0.05, 0) is 135 Å². The van der Waals surface area contributed by atoms with Crippen LogP contribution in [0.5, 0.6) is 11.5 Å². The number of amides is 1. The van der Waals surface area contributed by atoms with Crippen molar-refractivity contribution in [1.29, 1.82) is 0 Å². The van der Waals surface area contributed by atoms with Gasteiger partial charge in [0.15, 0.2) is 0 Å². The zero-order valence-corrected chi connectivity index (χ0v) is 31.6. The number of aryl methyl sites for hydroxylation is 2. The van der Waals surface area contributed by atoms with Crippen LogP contribution < -0.4 is 20.1 Å². The minimum absolute atomic E-state index is 0.198. The standard InChI is InChI=1S/C42H50ClN5O5/c1-27(26-53-37-13-18-44-35-9-4-6-28(2)38(35)37)22-30-23-29-10-11-33(52-21-20-45-39(49)36-12-19-46-48(36)3)25-34(29)41(30)14-16-42(17-15-41,40(50)51)47-32-8-5-7-31(43)24-32/h5,7-8,10-13,18-19,24-25,27-28,30,47H,4,6,9,14-17,20-23,26H2,1-3H3,(H,45,49)(H,50,51)/t27-,28-,30+,41?,42?/m1/s1. The molecular formula is C42H50ClN5O5. The van der Waals surface area contributed by atoms with Crippen molar-refractivity contribution in [2.24, 2.45) is 18.9 Å². The van der Waals surface area contributed by atoms with Gasteiger partial charge < -0.3 is 25.2 Å². The lowest BCUT2D eigenvalue weighted by Gasteiger charge is -2.47. The summed E-state index contributed by atoms with van der Waals surface area (Å²) in [4.78, 5) is 30.2. The SMILES string of the molecule is C[C@@H](COc1ccnc2c1[C@H](C)CCC2)C[C@H]1Cc2ccc(OCCNC(=O)c3ccnn3C)cc2C12CCC(Nc1cccc(Cl)c1)(C(=O)O)CC2. The molecule has 3 aliphatic carbocycles. The molecule has 0 radical (unpaired) electrons. The lowest BCUT2D eigenvalue weighted by molar-refractivity contribution is -0.144. The van der Waals surface area contributed by atoms with Crippen molar-refractivity contribution in [1.82, 2.24) is 20.1 Å². The molecule has 0 aliphatic heterocycles. The number of rotatable bonds is 13. The average Bonchev–Trinajstić information content (AvgIpc) is 3.70.